The van der Waals surface area contributed by atoms with E-state index in [1.54, 1.807) is 11.0 Å². The summed E-state index contributed by atoms with van der Waals surface area (Å²) in [7, 11) is 0. The summed E-state index contributed by atoms with van der Waals surface area (Å²) in [6, 6.07) is 16.9. The first-order valence-electron chi connectivity index (χ1n) is 15.6. The molecular weight excluding hydrogens is 494 g/mol. The maximum Gasteiger partial charge on any atom is 0.290 e. The van der Waals surface area contributed by atoms with Gasteiger partial charge in [0, 0.05) is 6.54 Å². The second-order valence-electron chi connectivity index (χ2n) is 11.3. The predicted molar refractivity (Wildman–Crippen MR) is 166 cm³/mol. The number of aryl methyl sites for hydroxylation is 1. The van der Waals surface area contributed by atoms with Crippen molar-refractivity contribution in [2.75, 3.05) is 6.54 Å². The Morgan fingerprint density at radius 2 is 1.30 bits per heavy atom. The number of hydrogen-bond donors (Lipinski definition) is 1. The minimum absolute atomic E-state index is 0.173. The van der Waals surface area contributed by atoms with Crippen LogP contribution in [0.4, 0.5) is 0 Å². The van der Waals surface area contributed by atoms with Gasteiger partial charge in [-0.3, -0.25) is 9.59 Å². The summed E-state index contributed by atoms with van der Waals surface area (Å²) in [5.41, 5.74) is 3.03. The fourth-order valence-electron chi connectivity index (χ4n) is 5.53. The van der Waals surface area contributed by atoms with Crippen LogP contribution in [-0.2, 0) is 9.59 Å². The number of aliphatic hydroxyl groups excluding tert-OH is 1. The molecule has 1 aliphatic rings. The van der Waals surface area contributed by atoms with Gasteiger partial charge in [0.25, 0.3) is 5.91 Å². The third kappa shape index (κ3) is 9.80. The van der Waals surface area contributed by atoms with E-state index in [1.165, 1.54) is 76.7 Å². The van der Waals surface area contributed by atoms with Gasteiger partial charge in [-0.25, -0.2) is 0 Å². The molecule has 0 spiro atoms. The van der Waals surface area contributed by atoms with Gasteiger partial charge in [0.1, 0.15) is 0 Å². The van der Waals surface area contributed by atoms with Crippen LogP contribution in [0.1, 0.15) is 120 Å². The van der Waals surface area contributed by atoms with E-state index in [0.29, 0.717) is 6.54 Å². The molecule has 216 valence electrons. The van der Waals surface area contributed by atoms with Crippen molar-refractivity contribution in [2.45, 2.75) is 110 Å². The van der Waals surface area contributed by atoms with Crippen molar-refractivity contribution in [3.8, 4) is 0 Å². The molecule has 0 aliphatic carbocycles. The summed E-state index contributed by atoms with van der Waals surface area (Å²) in [6.45, 7) is 4.80. The van der Waals surface area contributed by atoms with Crippen molar-refractivity contribution >= 4 is 17.8 Å². The number of rotatable bonds is 19. The molecule has 1 amide bonds. The Morgan fingerprint density at radius 3 is 1.85 bits per heavy atom. The second-order valence-corrected chi connectivity index (χ2v) is 11.3. The first-order chi connectivity index (χ1) is 19.5. The van der Waals surface area contributed by atoms with Crippen LogP contribution in [-0.4, -0.2) is 28.2 Å². The van der Waals surface area contributed by atoms with Gasteiger partial charge in [-0.05, 0) is 30.5 Å². The fourth-order valence-corrected chi connectivity index (χ4v) is 5.53. The highest BCUT2D eigenvalue weighted by Crippen LogP contribution is 2.38. The Balaban J connectivity index is 1.49. The number of carbonyl (C=O) groups is 2. The zero-order valence-corrected chi connectivity index (χ0v) is 24.7. The van der Waals surface area contributed by atoms with Crippen LogP contribution in [0.5, 0.6) is 0 Å². The van der Waals surface area contributed by atoms with Crippen molar-refractivity contribution < 1.29 is 14.7 Å². The van der Waals surface area contributed by atoms with Crippen LogP contribution in [0.2, 0.25) is 0 Å². The van der Waals surface area contributed by atoms with E-state index in [0.717, 1.165) is 36.0 Å². The maximum atomic E-state index is 13.3. The van der Waals surface area contributed by atoms with Gasteiger partial charge in [0.05, 0.1) is 11.6 Å². The lowest BCUT2D eigenvalue weighted by Crippen LogP contribution is -2.32. The van der Waals surface area contributed by atoms with Crippen molar-refractivity contribution in [3.63, 3.8) is 0 Å². The molecule has 0 bridgehead atoms. The van der Waals surface area contributed by atoms with Gasteiger partial charge < -0.3 is 10.0 Å². The van der Waals surface area contributed by atoms with Crippen LogP contribution < -0.4 is 0 Å². The standard InChI is InChI=1S/C36H49NO3/c1-3-4-5-6-7-8-9-10-11-12-13-14-15-19-28-37-34(31-25-22-29(2)23-26-31)33(35(39)36(37)40)32(38)27-24-30-20-17-16-18-21-30/h16-18,20-27,34,39H,3-15,19,28H2,1-2H3/b27-24+/t34-/m0/s1. The Bertz CT molecular complexity index is 1100. The molecule has 0 fully saturated rings. The molecule has 1 aliphatic heterocycles. The third-order valence-corrected chi connectivity index (χ3v) is 7.94. The molecule has 4 nitrogen and oxygen atoms in total. The average molecular weight is 544 g/mol. The van der Waals surface area contributed by atoms with E-state index in [9.17, 15) is 14.7 Å². The topological polar surface area (TPSA) is 57.6 Å². The average Bonchev–Trinajstić information content (AvgIpc) is 3.22. The highest BCUT2D eigenvalue weighted by molar-refractivity contribution is 6.14. The third-order valence-electron chi connectivity index (χ3n) is 7.94. The Morgan fingerprint density at radius 1 is 0.775 bits per heavy atom. The van der Waals surface area contributed by atoms with E-state index in [4.69, 9.17) is 0 Å². The molecule has 0 aromatic heterocycles. The van der Waals surface area contributed by atoms with Crippen LogP contribution >= 0.6 is 0 Å². The van der Waals surface area contributed by atoms with E-state index >= 15 is 0 Å². The minimum atomic E-state index is -0.567. The van der Waals surface area contributed by atoms with Crippen LogP contribution in [0, 0.1) is 6.92 Å². The highest BCUT2D eigenvalue weighted by atomic mass is 16.3. The number of benzene rings is 2. The molecule has 1 heterocycles. The van der Waals surface area contributed by atoms with E-state index in [1.807, 2.05) is 61.5 Å². The first kappa shape index (κ1) is 31.4. The minimum Gasteiger partial charge on any atom is -0.503 e. The molecule has 0 unspecified atom stereocenters. The molecule has 2 aromatic carbocycles. The molecule has 4 heteroatoms. The molecule has 2 aromatic rings. The van der Waals surface area contributed by atoms with Gasteiger partial charge >= 0.3 is 0 Å². The van der Waals surface area contributed by atoms with E-state index in [-0.39, 0.29) is 11.4 Å². The number of aliphatic hydroxyl groups is 1. The summed E-state index contributed by atoms with van der Waals surface area (Å²) >= 11 is 0. The zero-order valence-electron chi connectivity index (χ0n) is 24.7. The second kappa shape index (κ2) is 17.5. The zero-order chi connectivity index (χ0) is 28.6. The summed E-state index contributed by atoms with van der Waals surface area (Å²) < 4.78 is 0. The fraction of sp³-hybridized carbons (Fsp3) is 0.500. The lowest BCUT2D eigenvalue weighted by molar-refractivity contribution is -0.129. The Labute approximate surface area is 242 Å². The summed E-state index contributed by atoms with van der Waals surface area (Å²) in [5, 5.41) is 10.8. The molecule has 1 atom stereocenters. The summed E-state index contributed by atoms with van der Waals surface area (Å²) in [5.74, 6) is -1.20. The number of hydrogen-bond acceptors (Lipinski definition) is 3. The lowest BCUT2D eigenvalue weighted by Gasteiger charge is -2.26. The molecule has 0 saturated heterocycles. The normalized spacial score (nSPS) is 15.5. The lowest BCUT2D eigenvalue weighted by atomic mass is 9.94. The van der Waals surface area contributed by atoms with Crippen molar-refractivity contribution in [1.29, 1.82) is 0 Å². The Hall–Kier alpha value is -3.14. The summed E-state index contributed by atoms with van der Waals surface area (Å²) in [6.07, 6.45) is 21.0. The number of amides is 1. The molecule has 3 rings (SSSR count). The first-order valence-corrected chi connectivity index (χ1v) is 15.6. The Kier molecular flexibility index (Phi) is 13.8. The van der Waals surface area contributed by atoms with Gasteiger partial charge in [0.2, 0.25) is 0 Å². The van der Waals surface area contributed by atoms with Crippen molar-refractivity contribution in [1.82, 2.24) is 4.90 Å². The molecule has 40 heavy (non-hydrogen) atoms. The number of unbranched alkanes of at least 4 members (excludes halogenated alkanes) is 13. The number of nitrogens with zero attached hydrogens (tertiary/aromatic N) is 1. The quantitative estimate of drug-likeness (QED) is 0.142. The predicted octanol–water partition coefficient (Wildman–Crippen LogP) is 9.45. The van der Waals surface area contributed by atoms with Gasteiger partial charge in [-0.2, -0.15) is 0 Å². The van der Waals surface area contributed by atoms with Crippen molar-refractivity contribution in [3.05, 3.63) is 88.7 Å². The van der Waals surface area contributed by atoms with Crippen LogP contribution in [0.25, 0.3) is 6.08 Å². The smallest absolute Gasteiger partial charge is 0.290 e. The highest BCUT2D eigenvalue weighted by Gasteiger charge is 2.42. The van der Waals surface area contributed by atoms with Gasteiger partial charge in [-0.15, -0.1) is 0 Å². The SMILES string of the molecule is CCCCCCCCCCCCCCCCN1C(=O)C(O)=C(C(=O)/C=C/c2ccccc2)[C@@H]1c1ccc(C)cc1. The monoisotopic (exact) mass is 543 g/mol. The number of ketones is 1. The van der Waals surface area contributed by atoms with E-state index in [2.05, 4.69) is 6.92 Å². The summed E-state index contributed by atoms with van der Waals surface area (Å²) in [4.78, 5) is 28.1. The van der Waals surface area contributed by atoms with Crippen LogP contribution in [0.3, 0.4) is 0 Å². The molecule has 1 N–H and O–H groups in total. The molecular formula is C36H49NO3. The largest absolute Gasteiger partial charge is 0.503 e. The van der Waals surface area contributed by atoms with Crippen molar-refractivity contribution in [2.24, 2.45) is 0 Å². The number of carbonyl (C=O) groups excluding carboxylic acids is 2. The van der Waals surface area contributed by atoms with E-state index < -0.39 is 17.7 Å². The molecule has 0 saturated carbocycles. The molecule has 0 radical (unpaired) electrons. The van der Waals surface area contributed by atoms with Crippen LogP contribution in [0.15, 0.2) is 72.0 Å². The number of allylic oxidation sites excluding steroid dienone is 1. The maximum absolute atomic E-state index is 13.3. The van der Waals surface area contributed by atoms with Gasteiger partial charge in [-0.1, -0.05) is 157 Å². The van der Waals surface area contributed by atoms with Gasteiger partial charge in [0.15, 0.2) is 11.5 Å².